The summed E-state index contributed by atoms with van der Waals surface area (Å²) in [6, 6.07) is 18.1. The number of thiophene rings is 1. The van der Waals surface area contributed by atoms with Gasteiger partial charge in [-0.1, -0.05) is 75.5 Å². The van der Waals surface area contributed by atoms with Gasteiger partial charge >= 0.3 is 0 Å². The molecule has 0 unspecified atom stereocenters. The number of hydrogen-bond acceptors (Lipinski definition) is 1. The molecule has 0 aliphatic heterocycles. The molecule has 0 aliphatic carbocycles. The van der Waals surface area contributed by atoms with Crippen molar-refractivity contribution in [3.05, 3.63) is 59.7 Å². The Balaban J connectivity index is 2.27. The first kappa shape index (κ1) is 18.8. The van der Waals surface area contributed by atoms with Crippen LogP contribution in [0.1, 0.15) is 11.1 Å². The average molecular weight is 384 g/mol. The molecule has 0 spiro atoms. The minimum atomic E-state index is -0.150. The summed E-state index contributed by atoms with van der Waals surface area (Å²) in [4.78, 5) is 2.97. The molecule has 1 heterocycles. The molecule has 2 aromatic carbocycles. The van der Waals surface area contributed by atoms with Crippen molar-refractivity contribution < 1.29 is 0 Å². The summed E-state index contributed by atoms with van der Waals surface area (Å²) in [6.45, 7) is 13.9. The summed E-state index contributed by atoms with van der Waals surface area (Å²) in [5.74, 6) is 0. The highest BCUT2D eigenvalue weighted by Gasteiger charge is 2.24. The molecule has 0 nitrogen and oxygen atoms in total. The fourth-order valence-electron chi connectivity index (χ4n) is 3.04. The number of rotatable bonds is 4. The maximum Gasteiger partial charge on any atom is 0.0432 e. The van der Waals surface area contributed by atoms with Gasteiger partial charge in [-0.05, 0) is 51.6 Å². The molecule has 1 aromatic heterocycles. The quantitative estimate of drug-likeness (QED) is 0.455. The summed E-state index contributed by atoms with van der Waals surface area (Å²) < 4.78 is 0. The molecule has 0 fully saturated rings. The van der Waals surface area contributed by atoms with E-state index in [-0.39, 0.29) is 15.8 Å². The van der Waals surface area contributed by atoms with Gasteiger partial charge in [0.1, 0.15) is 0 Å². The molecule has 3 heteroatoms. The Morgan fingerprint density at radius 2 is 0.880 bits per heavy atom. The van der Waals surface area contributed by atoms with E-state index in [1.807, 2.05) is 11.3 Å². The van der Waals surface area contributed by atoms with Crippen molar-refractivity contribution in [2.24, 2.45) is 0 Å². The first-order chi connectivity index (χ1) is 11.9. The van der Waals surface area contributed by atoms with Crippen LogP contribution in [0.15, 0.2) is 48.5 Å². The van der Waals surface area contributed by atoms with Gasteiger partial charge in [-0.3, -0.25) is 0 Å². The maximum absolute atomic E-state index is 2.40. The van der Waals surface area contributed by atoms with E-state index in [4.69, 9.17) is 0 Å². The van der Waals surface area contributed by atoms with Crippen molar-refractivity contribution in [2.45, 2.75) is 13.8 Å². The zero-order valence-corrected chi connectivity index (χ0v) is 18.5. The van der Waals surface area contributed by atoms with Gasteiger partial charge in [-0.15, -0.1) is 11.3 Å². The van der Waals surface area contributed by atoms with Crippen LogP contribution >= 0.6 is 27.2 Å². The van der Waals surface area contributed by atoms with Crippen molar-refractivity contribution in [1.29, 1.82) is 0 Å². The number of aryl methyl sites for hydroxylation is 2. The van der Waals surface area contributed by atoms with Crippen LogP contribution in [-0.4, -0.2) is 26.7 Å². The molecule has 0 amide bonds. The van der Waals surface area contributed by atoms with E-state index < -0.39 is 0 Å². The first-order valence-corrected chi connectivity index (χ1v) is 13.8. The van der Waals surface area contributed by atoms with Crippen LogP contribution in [0.2, 0.25) is 0 Å². The van der Waals surface area contributed by atoms with Crippen LogP contribution in [0.4, 0.5) is 0 Å². The van der Waals surface area contributed by atoms with Gasteiger partial charge < -0.3 is 0 Å². The summed E-state index contributed by atoms with van der Waals surface area (Å²) in [5, 5.41) is 3.24. The Morgan fingerprint density at radius 3 is 1.16 bits per heavy atom. The third-order valence-electron chi connectivity index (χ3n) is 4.38. The second kappa shape index (κ2) is 7.71. The van der Waals surface area contributed by atoms with Gasteiger partial charge in [-0.25, -0.2) is 0 Å². The number of hydrogen-bond donors (Lipinski definition) is 0. The van der Waals surface area contributed by atoms with E-state index in [0.29, 0.717) is 0 Å². The molecule has 0 N–H and O–H groups in total. The lowest BCUT2D eigenvalue weighted by atomic mass is 10.1. The normalized spacial score (nSPS) is 11.5. The highest BCUT2D eigenvalue weighted by molar-refractivity contribution is 7.72. The summed E-state index contributed by atoms with van der Waals surface area (Å²) >= 11 is 1.99. The summed E-state index contributed by atoms with van der Waals surface area (Å²) in [7, 11) is -0.300. The summed E-state index contributed by atoms with van der Waals surface area (Å²) in [6.07, 6.45) is 0. The number of benzene rings is 2. The minimum absolute atomic E-state index is 0.150. The van der Waals surface area contributed by atoms with Gasteiger partial charge in [0, 0.05) is 20.4 Å². The molecule has 0 radical (unpaired) electrons. The Morgan fingerprint density at radius 1 is 0.560 bits per heavy atom. The average Bonchev–Trinajstić information content (AvgIpc) is 2.97. The Bertz CT molecular complexity index is 784. The summed E-state index contributed by atoms with van der Waals surface area (Å²) in [5.41, 5.74) is 5.39. The van der Waals surface area contributed by atoms with Crippen LogP contribution in [-0.2, 0) is 0 Å². The van der Waals surface area contributed by atoms with E-state index in [2.05, 4.69) is 89.0 Å². The van der Waals surface area contributed by atoms with Gasteiger partial charge in [0.25, 0.3) is 0 Å². The molecule has 0 saturated heterocycles. The molecule has 0 saturated carbocycles. The minimum Gasteiger partial charge on any atom is -0.134 e. The molecule has 0 bridgehead atoms. The fraction of sp³-hybridized carbons (Fsp3) is 0.273. The molecule has 3 rings (SSSR count). The van der Waals surface area contributed by atoms with Crippen molar-refractivity contribution in [3.63, 3.8) is 0 Å². The topological polar surface area (TPSA) is 0 Å². The first-order valence-electron chi connectivity index (χ1n) is 8.54. The van der Waals surface area contributed by atoms with Crippen LogP contribution in [0.5, 0.6) is 0 Å². The van der Waals surface area contributed by atoms with E-state index in [0.717, 1.165) is 0 Å². The lowest BCUT2D eigenvalue weighted by molar-refractivity contribution is 1.48. The van der Waals surface area contributed by atoms with Gasteiger partial charge in [-0.2, -0.15) is 0 Å². The third-order valence-corrected chi connectivity index (χ3v) is 8.83. The maximum atomic E-state index is 2.40. The van der Waals surface area contributed by atoms with Crippen LogP contribution in [0.25, 0.3) is 20.9 Å². The molecule has 25 heavy (non-hydrogen) atoms. The van der Waals surface area contributed by atoms with Crippen LogP contribution in [0, 0.1) is 13.8 Å². The zero-order valence-electron chi connectivity index (χ0n) is 15.9. The Kier molecular flexibility index (Phi) is 5.79. The van der Waals surface area contributed by atoms with Gasteiger partial charge in [0.2, 0.25) is 0 Å². The second-order valence-electron chi connectivity index (χ2n) is 6.98. The Labute approximate surface area is 158 Å². The van der Waals surface area contributed by atoms with E-state index in [1.54, 1.807) is 10.6 Å². The zero-order chi connectivity index (χ0) is 18.1. The predicted octanol–water partition coefficient (Wildman–Crippen LogP) is 6.43. The SMILES string of the molecule is Cc1ccc(-c2sc(-c3ccc(C)cc3)c(P(C)C)c2P(C)C)cc1. The highest BCUT2D eigenvalue weighted by Crippen LogP contribution is 2.44. The third kappa shape index (κ3) is 3.90. The van der Waals surface area contributed by atoms with Crippen molar-refractivity contribution in [2.75, 3.05) is 26.7 Å². The Hall–Kier alpha value is -1.00. The van der Waals surface area contributed by atoms with E-state index >= 15 is 0 Å². The molecular weight excluding hydrogens is 358 g/mol. The smallest absolute Gasteiger partial charge is 0.0432 e. The second-order valence-corrected chi connectivity index (χ2v) is 12.5. The fourth-order valence-corrected chi connectivity index (χ4v) is 9.02. The van der Waals surface area contributed by atoms with Crippen molar-refractivity contribution in [3.8, 4) is 20.9 Å². The molecule has 0 atom stereocenters. The largest absolute Gasteiger partial charge is 0.134 e. The molecule has 130 valence electrons. The standard InChI is InChI=1S/C22H26P2S/c1-15-7-11-17(12-8-15)21-19(23(3)4)20(24(5)6)22(25-21)18-13-9-16(2)10-14-18/h7-14H,1-6H3. The van der Waals surface area contributed by atoms with Crippen LogP contribution in [0.3, 0.4) is 0 Å². The van der Waals surface area contributed by atoms with E-state index in [1.165, 1.54) is 32.0 Å². The van der Waals surface area contributed by atoms with Crippen molar-refractivity contribution >= 4 is 37.8 Å². The van der Waals surface area contributed by atoms with Crippen LogP contribution < -0.4 is 10.6 Å². The molecular formula is C22H26P2S. The van der Waals surface area contributed by atoms with E-state index in [9.17, 15) is 0 Å². The van der Waals surface area contributed by atoms with Gasteiger partial charge in [0.15, 0.2) is 0 Å². The molecule has 3 aromatic rings. The molecule has 0 aliphatic rings. The van der Waals surface area contributed by atoms with Crippen molar-refractivity contribution in [1.82, 2.24) is 0 Å². The highest BCUT2D eigenvalue weighted by atomic mass is 32.1. The predicted molar refractivity (Wildman–Crippen MR) is 121 cm³/mol. The monoisotopic (exact) mass is 384 g/mol. The lowest BCUT2D eigenvalue weighted by Crippen LogP contribution is -2.20. The van der Waals surface area contributed by atoms with Gasteiger partial charge in [0.05, 0.1) is 0 Å². The lowest BCUT2D eigenvalue weighted by Gasteiger charge is -2.16.